The molecule has 0 bridgehead atoms. The van der Waals surface area contributed by atoms with E-state index >= 15 is 0 Å². The van der Waals surface area contributed by atoms with Crippen molar-refractivity contribution < 1.29 is 26.1 Å². The molecular weight excluding hydrogens is 398 g/mol. The molecule has 29 heavy (non-hydrogen) atoms. The molecule has 0 saturated heterocycles. The van der Waals surface area contributed by atoms with Gasteiger partial charge in [-0.25, -0.2) is 8.78 Å². The lowest BCUT2D eigenvalue weighted by Crippen LogP contribution is -2.12. The van der Waals surface area contributed by atoms with Crippen LogP contribution >= 0.6 is 0 Å². The van der Waals surface area contributed by atoms with Gasteiger partial charge in [-0.05, 0) is 31.2 Å². The summed E-state index contributed by atoms with van der Waals surface area (Å²) in [5.74, 6) is -0.658. The lowest BCUT2D eigenvalue weighted by Gasteiger charge is -2.17. The van der Waals surface area contributed by atoms with Crippen molar-refractivity contribution in [1.82, 2.24) is 0 Å². The Morgan fingerprint density at radius 3 is 2.52 bits per heavy atom. The molecule has 7 heteroatoms. The minimum atomic E-state index is -3.96. The standard InChI is InChI=1S/C22H18F2O4S/c1-13-7-8-21(29(25,26)27-2)18(9-13)20-11-14-10-15(23)12-17(22(14)28-20)16-5-3-4-6-19(16)24/h3-10,12,20H,11H2,1-2H3. The predicted molar refractivity (Wildman–Crippen MR) is 104 cm³/mol. The van der Waals surface area contributed by atoms with Crippen LogP contribution in [0, 0.1) is 18.6 Å². The number of halogens is 2. The van der Waals surface area contributed by atoms with Crippen molar-refractivity contribution in [3.63, 3.8) is 0 Å². The molecule has 4 nitrogen and oxygen atoms in total. The molecule has 1 aliphatic rings. The second-order valence-corrected chi connectivity index (χ2v) is 8.58. The van der Waals surface area contributed by atoms with Gasteiger partial charge in [0.05, 0.1) is 7.11 Å². The number of rotatable bonds is 4. The molecule has 0 saturated carbocycles. The maximum atomic E-state index is 14.3. The summed E-state index contributed by atoms with van der Waals surface area (Å²) in [6, 6.07) is 13.5. The Balaban J connectivity index is 1.83. The lowest BCUT2D eigenvalue weighted by atomic mass is 9.98. The van der Waals surface area contributed by atoms with E-state index in [0.29, 0.717) is 22.4 Å². The van der Waals surface area contributed by atoms with Crippen LogP contribution in [-0.2, 0) is 20.7 Å². The molecule has 0 amide bonds. The summed E-state index contributed by atoms with van der Waals surface area (Å²) in [6.45, 7) is 1.83. The molecule has 3 aromatic rings. The van der Waals surface area contributed by atoms with Crippen molar-refractivity contribution in [1.29, 1.82) is 0 Å². The Labute approximate surface area is 167 Å². The van der Waals surface area contributed by atoms with Crippen molar-refractivity contribution >= 4 is 10.1 Å². The molecule has 0 fully saturated rings. The molecule has 4 rings (SSSR count). The van der Waals surface area contributed by atoms with Crippen molar-refractivity contribution in [3.05, 3.63) is 82.9 Å². The van der Waals surface area contributed by atoms with Crippen LogP contribution in [0.2, 0.25) is 0 Å². The molecule has 150 valence electrons. The molecule has 0 spiro atoms. The molecule has 0 aliphatic carbocycles. The van der Waals surface area contributed by atoms with E-state index in [1.165, 1.54) is 24.3 Å². The number of hydrogen-bond acceptors (Lipinski definition) is 4. The molecule has 1 atom stereocenters. The first-order valence-electron chi connectivity index (χ1n) is 8.95. The van der Waals surface area contributed by atoms with Gasteiger partial charge in [0.15, 0.2) is 0 Å². The highest BCUT2D eigenvalue weighted by Gasteiger charge is 2.33. The summed E-state index contributed by atoms with van der Waals surface area (Å²) in [5.41, 5.74) is 2.33. The number of aryl methyl sites for hydroxylation is 1. The van der Waals surface area contributed by atoms with Crippen LogP contribution in [0.4, 0.5) is 8.78 Å². The van der Waals surface area contributed by atoms with Crippen LogP contribution in [0.3, 0.4) is 0 Å². The van der Waals surface area contributed by atoms with Crippen molar-refractivity contribution in [2.75, 3.05) is 7.11 Å². The van der Waals surface area contributed by atoms with Crippen LogP contribution in [0.25, 0.3) is 11.1 Å². The summed E-state index contributed by atoms with van der Waals surface area (Å²) in [4.78, 5) is -0.00341. The van der Waals surface area contributed by atoms with Gasteiger partial charge in [0, 0.05) is 28.7 Å². The van der Waals surface area contributed by atoms with Crippen molar-refractivity contribution in [2.45, 2.75) is 24.3 Å². The fourth-order valence-electron chi connectivity index (χ4n) is 3.61. The van der Waals surface area contributed by atoms with Gasteiger partial charge in [-0.15, -0.1) is 0 Å². The predicted octanol–water partition coefficient (Wildman–Crippen LogP) is 4.95. The van der Waals surface area contributed by atoms with Gasteiger partial charge in [0.2, 0.25) is 0 Å². The fourth-order valence-corrected chi connectivity index (χ4v) is 4.51. The monoisotopic (exact) mass is 416 g/mol. The van der Waals surface area contributed by atoms with E-state index in [1.807, 2.05) is 6.92 Å². The Kier molecular flexibility index (Phi) is 4.88. The van der Waals surface area contributed by atoms with Crippen LogP contribution in [0.15, 0.2) is 59.5 Å². The molecule has 1 unspecified atom stereocenters. The molecular formula is C22H18F2O4S. The SMILES string of the molecule is COS(=O)(=O)c1ccc(C)cc1C1Cc2cc(F)cc(-c3ccccc3F)c2O1. The third-order valence-corrected chi connectivity index (χ3v) is 6.31. The van der Waals surface area contributed by atoms with E-state index < -0.39 is 27.9 Å². The summed E-state index contributed by atoms with van der Waals surface area (Å²) >= 11 is 0. The van der Waals surface area contributed by atoms with Crippen LogP contribution in [0.5, 0.6) is 5.75 Å². The van der Waals surface area contributed by atoms with Crippen LogP contribution in [0.1, 0.15) is 22.8 Å². The second-order valence-electron chi connectivity index (χ2n) is 6.89. The largest absolute Gasteiger partial charge is 0.484 e. The summed E-state index contributed by atoms with van der Waals surface area (Å²) in [7, 11) is -2.87. The van der Waals surface area contributed by atoms with Gasteiger partial charge in [-0.1, -0.05) is 35.9 Å². The average Bonchev–Trinajstić information content (AvgIpc) is 3.11. The van der Waals surface area contributed by atoms with Gasteiger partial charge in [-0.2, -0.15) is 8.42 Å². The van der Waals surface area contributed by atoms with Gasteiger partial charge in [0.25, 0.3) is 10.1 Å². The van der Waals surface area contributed by atoms with Gasteiger partial charge in [-0.3, -0.25) is 4.18 Å². The molecule has 0 aromatic heterocycles. The van der Waals surface area contributed by atoms with Crippen LogP contribution < -0.4 is 4.74 Å². The van der Waals surface area contributed by atoms with Gasteiger partial charge < -0.3 is 4.74 Å². The number of benzene rings is 3. The highest BCUT2D eigenvalue weighted by molar-refractivity contribution is 7.86. The molecule has 0 radical (unpaired) electrons. The van der Waals surface area contributed by atoms with E-state index in [1.54, 1.807) is 30.3 Å². The maximum Gasteiger partial charge on any atom is 0.297 e. The highest BCUT2D eigenvalue weighted by Crippen LogP contribution is 2.45. The summed E-state index contributed by atoms with van der Waals surface area (Å²) in [6.07, 6.45) is -0.415. The van der Waals surface area contributed by atoms with Gasteiger partial charge >= 0.3 is 0 Å². The first-order valence-corrected chi connectivity index (χ1v) is 10.4. The maximum absolute atomic E-state index is 14.3. The summed E-state index contributed by atoms with van der Waals surface area (Å²) < 4.78 is 64.1. The Hall–Kier alpha value is -2.77. The van der Waals surface area contributed by atoms with Gasteiger partial charge in [0.1, 0.15) is 28.4 Å². The minimum absolute atomic E-state index is 0.00341. The second kappa shape index (κ2) is 7.24. The topological polar surface area (TPSA) is 52.6 Å². The first kappa shape index (κ1) is 19.5. The fraction of sp³-hybridized carbons (Fsp3) is 0.182. The number of hydrogen-bond donors (Lipinski definition) is 0. The molecule has 1 heterocycles. The molecule has 0 N–H and O–H groups in total. The Morgan fingerprint density at radius 2 is 1.79 bits per heavy atom. The third-order valence-electron chi connectivity index (χ3n) is 4.96. The third kappa shape index (κ3) is 3.52. The lowest BCUT2D eigenvalue weighted by molar-refractivity contribution is 0.235. The van der Waals surface area contributed by atoms with Crippen LogP contribution in [-0.4, -0.2) is 15.5 Å². The summed E-state index contributed by atoms with van der Waals surface area (Å²) in [5, 5.41) is 0. The van der Waals surface area contributed by atoms with E-state index in [4.69, 9.17) is 4.74 Å². The Bertz CT molecular complexity index is 1210. The zero-order valence-corrected chi connectivity index (χ0v) is 16.6. The van der Waals surface area contributed by atoms with E-state index in [9.17, 15) is 17.2 Å². The number of fused-ring (bicyclic) bond motifs is 1. The smallest absolute Gasteiger partial charge is 0.297 e. The minimum Gasteiger partial charge on any atom is -0.484 e. The molecule has 1 aliphatic heterocycles. The average molecular weight is 416 g/mol. The van der Waals surface area contributed by atoms with Crippen molar-refractivity contribution in [3.8, 4) is 16.9 Å². The quantitative estimate of drug-likeness (QED) is 0.565. The van der Waals surface area contributed by atoms with E-state index in [0.717, 1.165) is 12.7 Å². The van der Waals surface area contributed by atoms with E-state index in [2.05, 4.69) is 4.18 Å². The van der Waals surface area contributed by atoms with E-state index in [-0.39, 0.29) is 16.9 Å². The highest BCUT2D eigenvalue weighted by atomic mass is 32.2. The number of ether oxygens (including phenoxy) is 1. The normalized spacial score (nSPS) is 15.8. The first-order chi connectivity index (χ1) is 13.8. The molecule has 3 aromatic carbocycles. The van der Waals surface area contributed by atoms with Crippen molar-refractivity contribution in [2.24, 2.45) is 0 Å². The zero-order valence-electron chi connectivity index (χ0n) is 15.8. The Morgan fingerprint density at radius 1 is 1.03 bits per heavy atom. The zero-order chi connectivity index (χ0) is 20.8.